The Labute approximate surface area is 140 Å². The van der Waals surface area contributed by atoms with Crippen LogP contribution in [0.1, 0.15) is 12.8 Å². The van der Waals surface area contributed by atoms with Gasteiger partial charge in [0.2, 0.25) is 10.0 Å². The van der Waals surface area contributed by atoms with Crippen LogP contribution in [0.3, 0.4) is 0 Å². The lowest BCUT2D eigenvalue weighted by Crippen LogP contribution is -2.41. The van der Waals surface area contributed by atoms with E-state index in [1.165, 1.54) is 4.31 Å². The first-order valence-electron chi connectivity index (χ1n) is 7.54. The average molecular weight is 373 g/mol. The summed E-state index contributed by atoms with van der Waals surface area (Å²) in [5, 5.41) is 4.03. The summed E-state index contributed by atoms with van der Waals surface area (Å²) in [4.78, 5) is 0. The predicted molar refractivity (Wildman–Crippen MR) is 90.3 cm³/mol. The van der Waals surface area contributed by atoms with Crippen molar-refractivity contribution in [1.82, 2.24) is 18.6 Å². The van der Waals surface area contributed by atoms with E-state index in [9.17, 15) is 16.8 Å². The number of rotatable bonds is 7. The fraction of sp³-hybridized carbons (Fsp3) is 0.462. The molecule has 1 aliphatic rings. The molecule has 0 aromatic carbocycles. The lowest BCUT2D eigenvalue weighted by atomic mass is 10.4. The Morgan fingerprint density at radius 3 is 2.62 bits per heavy atom. The molecule has 9 nitrogen and oxygen atoms in total. The SMILES string of the molecule is O=S(=O)(CCNS(=O)(=O)N1CCCC1)Nc1ccn2nccc2c1. The molecule has 3 rings (SSSR count). The van der Waals surface area contributed by atoms with Gasteiger partial charge >= 0.3 is 0 Å². The zero-order chi connectivity index (χ0) is 17.2. The molecule has 1 fully saturated rings. The van der Waals surface area contributed by atoms with E-state index >= 15 is 0 Å². The number of sulfonamides is 1. The van der Waals surface area contributed by atoms with Gasteiger partial charge in [0.25, 0.3) is 10.2 Å². The van der Waals surface area contributed by atoms with Gasteiger partial charge in [0.15, 0.2) is 0 Å². The maximum absolute atomic E-state index is 12.1. The second kappa shape index (κ2) is 6.67. The van der Waals surface area contributed by atoms with Gasteiger partial charge in [0.1, 0.15) is 0 Å². The number of nitrogens with one attached hydrogen (secondary N) is 2. The largest absolute Gasteiger partial charge is 0.283 e. The topological polar surface area (TPSA) is 113 Å². The van der Waals surface area contributed by atoms with E-state index in [0.29, 0.717) is 18.8 Å². The molecule has 0 amide bonds. The average Bonchev–Trinajstić information content (AvgIpc) is 3.17. The highest BCUT2D eigenvalue weighted by molar-refractivity contribution is 7.92. The molecule has 11 heteroatoms. The summed E-state index contributed by atoms with van der Waals surface area (Å²) in [5.74, 6) is -0.343. The van der Waals surface area contributed by atoms with Gasteiger partial charge in [-0.1, -0.05) is 0 Å². The molecule has 2 aromatic heterocycles. The number of hydrogen-bond acceptors (Lipinski definition) is 5. The summed E-state index contributed by atoms with van der Waals surface area (Å²) in [6.45, 7) is 0.778. The zero-order valence-electron chi connectivity index (χ0n) is 12.9. The number of fused-ring (bicyclic) bond motifs is 1. The minimum atomic E-state index is -3.66. The molecular weight excluding hydrogens is 354 g/mol. The first kappa shape index (κ1) is 17.1. The number of aromatic nitrogens is 2. The summed E-state index contributed by atoms with van der Waals surface area (Å²) < 4.78 is 55.9. The van der Waals surface area contributed by atoms with Crippen LogP contribution in [-0.4, -0.2) is 56.1 Å². The Balaban J connectivity index is 1.57. The summed E-state index contributed by atoms with van der Waals surface area (Å²) in [5.41, 5.74) is 1.16. The Morgan fingerprint density at radius 1 is 1.12 bits per heavy atom. The van der Waals surface area contributed by atoms with Gasteiger partial charge in [-0.05, 0) is 31.0 Å². The smallest absolute Gasteiger partial charge is 0.279 e. The van der Waals surface area contributed by atoms with Crippen molar-refractivity contribution in [3.05, 3.63) is 30.6 Å². The summed E-state index contributed by atoms with van der Waals surface area (Å²) >= 11 is 0. The van der Waals surface area contributed by atoms with Crippen LogP contribution < -0.4 is 9.44 Å². The molecule has 24 heavy (non-hydrogen) atoms. The number of nitrogens with zero attached hydrogens (tertiary/aromatic N) is 3. The van der Waals surface area contributed by atoms with Crippen LogP contribution in [0.5, 0.6) is 0 Å². The van der Waals surface area contributed by atoms with E-state index in [0.717, 1.165) is 18.4 Å². The monoisotopic (exact) mass is 373 g/mol. The third-order valence-corrected chi connectivity index (χ3v) is 6.64. The van der Waals surface area contributed by atoms with Crippen molar-refractivity contribution in [3.63, 3.8) is 0 Å². The van der Waals surface area contributed by atoms with E-state index in [2.05, 4.69) is 14.5 Å². The molecule has 0 atom stereocenters. The van der Waals surface area contributed by atoms with Crippen LogP contribution in [0.15, 0.2) is 30.6 Å². The highest BCUT2D eigenvalue weighted by atomic mass is 32.2. The van der Waals surface area contributed by atoms with Gasteiger partial charge in [-0.2, -0.15) is 17.8 Å². The first-order valence-corrected chi connectivity index (χ1v) is 10.6. The highest BCUT2D eigenvalue weighted by Crippen LogP contribution is 2.13. The molecule has 0 saturated carbocycles. The quantitative estimate of drug-likeness (QED) is 0.710. The Hall–Kier alpha value is -1.69. The van der Waals surface area contributed by atoms with Crippen molar-refractivity contribution in [2.75, 3.05) is 30.1 Å². The van der Waals surface area contributed by atoms with Crippen LogP contribution in [0.4, 0.5) is 5.69 Å². The van der Waals surface area contributed by atoms with E-state index in [-0.39, 0.29) is 12.3 Å². The highest BCUT2D eigenvalue weighted by Gasteiger charge is 2.25. The van der Waals surface area contributed by atoms with E-state index in [1.807, 2.05) is 0 Å². The molecule has 3 heterocycles. The Kier molecular flexibility index (Phi) is 4.76. The minimum Gasteiger partial charge on any atom is -0.283 e. The first-order chi connectivity index (χ1) is 11.4. The summed E-state index contributed by atoms with van der Waals surface area (Å²) in [6.07, 6.45) is 4.92. The normalized spacial score (nSPS) is 16.7. The number of anilines is 1. The molecule has 0 aliphatic carbocycles. The van der Waals surface area contributed by atoms with Crippen LogP contribution in [0.25, 0.3) is 5.52 Å². The van der Waals surface area contributed by atoms with Crippen LogP contribution >= 0.6 is 0 Å². The van der Waals surface area contributed by atoms with Gasteiger partial charge in [-0.15, -0.1) is 0 Å². The summed E-state index contributed by atoms with van der Waals surface area (Å²) in [6, 6.07) is 4.99. The third kappa shape index (κ3) is 4.04. The van der Waals surface area contributed by atoms with Crippen molar-refractivity contribution in [2.24, 2.45) is 0 Å². The number of hydrogen-bond donors (Lipinski definition) is 2. The summed E-state index contributed by atoms with van der Waals surface area (Å²) in [7, 11) is -7.25. The lowest BCUT2D eigenvalue weighted by molar-refractivity contribution is 0.466. The Bertz CT molecular complexity index is 917. The van der Waals surface area contributed by atoms with Crippen LogP contribution in [0, 0.1) is 0 Å². The third-order valence-electron chi connectivity index (χ3n) is 3.73. The molecule has 1 saturated heterocycles. The molecular formula is C13H19N5O4S2. The van der Waals surface area contributed by atoms with E-state index < -0.39 is 20.2 Å². The van der Waals surface area contributed by atoms with Crippen molar-refractivity contribution in [2.45, 2.75) is 12.8 Å². The minimum absolute atomic E-state index is 0.177. The van der Waals surface area contributed by atoms with Gasteiger partial charge in [0.05, 0.1) is 17.0 Å². The lowest BCUT2D eigenvalue weighted by Gasteiger charge is -2.16. The van der Waals surface area contributed by atoms with Crippen LogP contribution in [0.2, 0.25) is 0 Å². The van der Waals surface area contributed by atoms with Crippen LogP contribution in [-0.2, 0) is 20.2 Å². The standard InChI is InChI=1S/C13H19N5O4S2/c19-23(20,10-6-15-24(21,22)17-7-1-2-8-17)16-12-4-9-18-13(11-12)3-5-14-18/h3-5,9,11,15-16H,1-2,6-8,10H2. The van der Waals surface area contributed by atoms with Gasteiger partial charge < -0.3 is 0 Å². The molecule has 2 N–H and O–H groups in total. The predicted octanol–water partition coefficient (Wildman–Crippen LogP) is 0.00620. The van der Waals surface area contributed by atoms with Crippen molar-refractivity contribution < 1.29 is 16.8 Å². The van der Waals surface area contributed by atoms with Gasteiger partial charge in [0, 0.05) is 32.0 Å². The van der Waals surface area contributed by atoms with Crippen molar-refractivity contribution in [1.29, 1.82) is 0 Å². The Morgan fingerprint density at radius 2 is 1.88 bits per heavy atom. The maximum atomic E-state index is 12.1. The molecule has 0 spiro atoms. The maximum Gasteiger partial charge on any atom is 0.279 e. The molecule has 0 radical (unpaired) electrons. The molecule has 1 aliphatic heterocycles. The van der Waals surface area contributed by atoms with Crippen molar-refractivity contribution in [3.8, 4) is 0 Å². The second-order valence-corrected chi connectivity index (χ2v) is 9.14. The fourth-order valence-corrected chi connectivity index (χ4v) is 4.91. The second-order valence-electron chi connectivity index (χ2n) is 5.54. The molecule has 0 bridgehead atoms. The van der Waals surface area contributed by atoms with E-state index in [1.54, 1.807) is 35.1 Å². The van der Waals surface area contributed by atoms with Gasteiger partial charge in [-0.25, -0.2) is 17.7 Å². The fourth-order valence-electron chi connectivity index (χ4n) is 2.54. The molecule has 2 aromatic rings. The molecule has 0 unspecified atom stereocenters. The van der Waals surface area contributed by atoms with Gasteiger partial charge in [-0.3, -0.25) is 4.72 Å². The zero-order valence-corrected chi connectivity index (χ0v) is 14.6. The van der Waals surface area contributed by atoms with Crippen molar-refractivity contribution >= 4 is 31.4 Å². The molecule has 132 valence electrons. The number of pyridine rings is 1. The van der Waals surface area contributed by atoms with E-state index in [4.69, 9.17) is 0 Å².